The summed E-state index contributed by atoms with van der Waals surface area (Å²) in [6, 6.07) is 1.64. The number of hydrogen-bond donors (Lipinski definition) is 2. The Kier molecular flexibility index (Phi) is 7.37. The van der Waals surface area contributed by atoms with Gasteiger partial charge in [0.1, 0.15) is 5.82 Å². The SMILES string of the molecule is CCCCC(CC)CNC(=O)c1cnc(NC)c(Cl)c1. The summed E-state index contributed by atoms with van der Waals surface area (Å²) in [7, 11) is 1.74. The van der Waals surface area contributed by atoms with E-state index in [0.29, 0.717) is 28.9 Å². The molecule has 0 aliphatic carbocycles. The second-order valence-corrected chi connectivity index (χ2v) is 5.34. The van der Waals surface area contributed by atoms with Crippen molar-refractivity contribution in [3.05, 3.63) is 22.8 Å². The maximum Gasteiger partial charge on any atom is 0.252 e. The highest BCUT2D eigenvalue weighted by molar-refractivity contribution is 6.33. The van der Waals surface area contributed by atoms with Crippen LogP contribution in [0.2, 0.25) is 5.02 Å². The lowest BCUT2D eigenvalue weighted by atomic mass is 9.99. The topological polar surface area (TPSA) is 54.0 Å². The van der Waals surface area contributed by atoms with Crippen LogP contribution in [0.3, 0.4) is 0 Å². The zero-order chi connectivity index (χ0) is 15.0. The average molecular weight is 298 g/mol. The molecule has 1 rings (SSSR count). The van der Waals surface area contributed by atoms with Gasteiger partial charge in [0.15, 0.2) is 0 Å². The summed E-state index contributed by atoms with van der Waals surface area (Å²) in [5, 5.41) is 6.29. The molecule has 1 aromatic rings. The van der Waals surface area contributed by atoms with Gasteiger partial charge in [0.25, 0.3) is 5.91 Å². The normalized spacial score (nSPS) is 12.0. The molecule has 0 bridgehead atoms. The molecule has 0 aromatic carbocycles. The summed E-state index contributed by atoms with van der Waals surface area (Å²) in [4.78, 5) is 16.2. The van der Waals surface area contributed by atoms with Gasteiger partial charge >= 0.3 is 0 Å². The molecule has 5 heteroatoms. The Morgan fingerprint density at radius 3 is 2.75 bits per heavy atom. The highest BCUT2D eigenvalue weighted by Gasteiger charge is 2.12. The number of carbonyl (C=O) groups is 1. The number of halogens is 1. The van der Waals surface area contributed by atoms with Gasteiger partial charge in [-0.3, -0.25) is 4.79 Å². The van der Waals surface area contributed by atoms with E-state index < -0.39 is 0 Å². The molecule has 1 aromatic heterocycles. The molecule has 1 amide bonds. The largest absolute Gasteiger partial charge is 0.372 e. The molecule has 20 heavy (non-hydrogen) atoms. The smallest absolute Gasteiger partial charge is 0.252 e. The van der Waals surface area contributed by atoms with Gasteiger partial charge in [-0.1, -0.05) is 44.7 Å². The van der Waals surface area contributed by atoms with E-state index in [2.05, 4.69) is 29.5 Å². The second kappa shape index (κ2) is 8.80. The van der Waals surface area contributed by atoms with Crippen molar-refractivity contribution in [3.8, 4) is 0 Å². The fraction of sp³-hybridized carbons (Fsp3) is 0.600. The molecule has 0 aliphatic heterocycles. The second-order valence-electron chi connectivity index (χ2n) is 4.93. The number of unbranched alkanes of at least 4 members (excludes halogenated alkanes) is 1. The van der Waals surface area contributed by atoms with Gasteiger partial charge in [0, 0.05) is 19.8 Å². The van der Waals surface area contributed by atoms with E-state index in [1.54, 1.807) is 19.3 Å². The van der Waals surface area contributed by atoms with Crippen molar-refractivity contribution >= 4 is 23.3 Å². The van der Waals surface area contributed by atoms with Crippen molar-refractivity contribution in [2.24, 2.45) is 5.92 Å². The van der Waals surface area contributed by atoms with Crippen molar-refractivity contribution in [1.29, 1.82) is 0 Å². The van der Waals surface area contributed by atoms with E-state index in [1.165, 1.54) is 12.8 Å². The number of amides is 1. The molecule has 1 atom stereocenters. The molecule has 1 heterocycles. The summed E-state index contributed by atoms with van der Waals surface area (Å²) < 4.78 is 0. The summed E-state index contributed by atoms with van der Waals surface area (Å²) in [6.07, 6.45) is 6.18. The lowest BCUT2D eigenvalue weighted by molar-refractivity contribution is 0.0945. The van der Waals surface area contributed by atoms with E-state index in [0.717, 1.165) is 12.8 Å². The first-order valence-electron chi connectivity index (χ1n) is 7.23. The Balaban J connectivity index is 2.55. The lowest BCUT2D eigenvalue weighted by Gasteiger charge is -2.15. The number of nitrogens with one attached hydrogen (secondary N) is 2. The van der Waals surface area contributed by atoms with Crippen LogP contribution in [0.4, 0.5) is 5.82 Å². The Bertz CT molecular complexity index is 437. The van der Waals surface area contributed by atoms with Gasteiger partial charge < -0.3 is 10.6 Å². The molecule has 4 nitrogen and oxygen atoms in total. The van der Waals surface area contributed by atoms with Crippen LogP contribution in [0.5, 0.6) is 0 Å². The minimum absolute atomic E-state index is 0.114. The fourth-order valence-electron chi connectivity index (χ4n) is 2.03. The fourth-order valence-corrected chi connectivity index (χ4v) is 2.29. The highest BCUT2D eigenvalue weighted by atomic mass is 35.5. The van der Waals surface area contributed by atoms with Crippen molar-refractivity contribution < 1.29 is 4.79 Å². The van der Waals surface area contributed by atoms with Crippen molar-refractivity contribution in [1.82, 2.24) is 10.3 Å². The Labute approximate surface area is 126 Å². The van der Waals surface area contributed by atoms with Gasteiger partial charge in [-0.05, 0) is 18.4 Å². The molecular formula is C15H24ClN3O. The van der Waals surface area contributed by atoms with Gasteiger partial charge in [-0.15, -0.1) is 0 Å². The minimum Gasteiger partial charge on any atom is -0.372 e. The third-order valence-electron chi connectivity index (χ3n) is 3.43. The van der Waals surface area contributed by atoms with Gasteiger partial charge in [-0.2, -0.15) is 0 Å². The zero-order valence-electron chi connectivity index (χ0n) is 12.5. The van der Waals surface area contributed by atoms with Gasteiger partial charge in [-0.25, -0.2) is 4.98 Å². The van der Waals surface area contributed by atoms with Crippen LogP contribution in [0.15, 0.2) is 12.3 Å². The summed E-state index contributed by atoms with van der Waals surface area (Å²) >= 11 is 6.03. The molecule has 0 radical (unpaired) electrons. The molecule has 0 aliphatic rings. The monoisotopic (exact) mass is 297 g/mol. The van der Waals surface area contributed by atoms with Gasteiger partial charge in [0.2, 0.25) is 0 Å². The molecule has 112 valence electrons. The van der Waals surface area contributed by atoms with Crippen LogP contribution >= 0.6 is 11.6 Å². The summed E-state index contributed by atoms with van der Waals surface area (Å²) in [5.74, 6) is 1.01. The number of anilines is 1. The number of aromatic nitrogens is 1. The van der Waals surface area contributed by atoms with E-state index in [9.17, 15) is 4.79 Å². The number of hydrogen-bond acceptors (Lipinski definition) is 3. The predicted octanol–water partition coefficient (Wildman–Crippen LogP) is 3.72. The van der Waals surface area contributed by atoms with E-state index >= 15 is 0 Å². The number of nitrogens with zero attached hydrogens (tertiary/aromatic N) is 1. The van der Waals surface area contributed by atoms with Crippen LogP contribution in [0.25, 0.3) is 0 Å². The number of carbonyl (C=O) groups excluding carboxylic acids is 1. The average Bonchev–Trinajstić information content (AvgIpc) is 2.47. The first-order chi connectivity index (χ1) is 9.62. The van der Waals surface area contributed by atoms with Gasteiger partial charge in [0.05, 0.1) is 10.6 Å². The predicted molar refractivity (Wildman–Crippen MR) is 84.4 cm³/mol. The molecule has 2 N–H and O–H groups in total. The first kappa shape index (κ1) is 16.8. The van der Waals surface area contributed by atoms with Crippen LogP contribution in [0, 0.1) is 5.92 Å². The molecule has 0 spiro atoms. The van der Waals surface area contributed by atoms with E-state index in [1.807, 2.05) is 0 Å². The highest BCUT2D eigenvalue weighted by Crippen LogP contribution is 2.19. The first-order valence-corrected chi connectivity index (χ1v) is 7.61. The summed E-state index contributed by atoms with van der Waals surface area (Å²) in [5.41, 5.74) is 0.499. The lowest BCUT2D eigenvalue weighted by Crippen LogP contribution is -2.29. The van der Waals surface area contributed by atoms with E-state index in [-0.39, 0.29) is 5.91 Å². The standard InChI is InChI=1S/C15H24ClN3O/c1-4-6-7-11(5-2)9-19-15(20)12-8-13(16)14(17-3)18-10-12/h8,10-11H,4-7,9H2,1-3H3,(H,17,18)(H,19,20). The van der Waals surface area contributed by atoms with Crippen LogP contribution in [0.1, 0.15) is 49.9 Å². The Morgan fingerprint density at radius 1 is 1.45 bits per heavy atom. The molecule has 0 fully saturated rings. The van der Waals surface area contributed by atoms with Crippen molar-refractivity contribution in [3.63, 3.8) is 0 Å². The van der Waals surface area contributed by atoms with Crippen LogP contribution < -0.4 is 10.6 Å². The van der Waals surface area contributed by atoms with Crippen LogP contribution in [-0.4, -0.2) is 24.5 Å². The third kappa shape index (κ3) is 5.00. The van der Waals surface area contributed by atoms with Crippen LogP contribution in [-0.2, 0) is 0 Å². The molecule has 1 unspecified atom stereocenters. The Hall–Kier alpha value is -1.29. The van der Waals surface area contributed by atoms with Crippen molar-refractivity contribution in [2.75, 3.05) is 18.9 Å². The third-order valence-corrected chi connectivity index (χ3v) is 3.72. The Morgan fingerprint density at radius 2 is 2.20 bits per heavy atom. The zero-order valence-corrected chi connectivity index (χ0v) is 13.3. The van der Waals surface area contributed by atoms with Crippen molar-refractivity contribution in [2.45, 2.75) is 39.5 Å². The molecular weight excluding hydrogens is 274 g/mol. The van der Waals surface area contributed by atoms with E-state index in [4.69, 9.17) is 11.6 Å². The summed E-state index contributed by atoms with van der Waals surface area (Å²) in [6.45, 7) is 5.05. The maximum atomic E-state index is 12.1. The number of rotatable bonds is 8. The molecule has 0 saturated carbocycles. The maximum absolute atomic E-state index is 12.1. The quantitative estimate of drug-likeness (QED) is 0.769. The number of pyridine rings is 1. The molecule has 0 saturated heterocycles. The minimum atomic E-state index is -0.114.